The zero-order valence-electron chi connectivity index (χ0n) is 19.6. The highest BCUT2D eigenvalue weighted by molar-refractivity contribution is 5.43. The van der Waals surface area contributed by atoms with E-state index >= 15 is 0 Å². The van der Waals surface area contributed by atoms with Crippen molar-refractivity contribution in [3.8, 4) is 5.75 Å². The lowest BCUT2D eigenvalue weighted by atomic mass is 9.95. The Kier molecular flexibility index (Phi) is 7.11. The molecule has 3 heterocycles. The Bertz CT molecular complexity index is 1120. The molecule has 1 N–H and O–H groups in total. The number of aryl methyl sites for hydroxylation is 2. The maximum atomic E-state index is 13.6. The minimum atomic E-state index is -0.335. The summed E-state index contributed by atoms with van der Waals surface area (Å²) in [7, 11) is 1.62. The third-order valence-corrected chi connectivity index (χ3v) is 6.36. The van der Waals surface area contributed by atoms with Gasteiger partial charge in [0.15, 0.2) is 0 Å². The van der Waals surface area contributed by atoms with Gasteiger partial charge in [0.1, 0.15) is 11.6 Å². The number of ether oxygens (including phenoxy) is 1. The first-order valence-electron chi connectivity index (χ1n) is 11.4. The van der Waals surface area contributed by atoms with Crippen molar-refractivity contribution in [2.75, 3.05) is 44.8 Å². The van der Waals surface area contributed by atoms with Crippen molar-refractivity contribution in [1.82, 2.24) is 14.5 Å². The van der Waals surface area contributed by atoms with Crippen LogP contribution in [0.5, 0.6) is 5.75 Å². The number of hydrogen-bond acceptors (Lipinski definition) is 6. The molecule has 1 saturated heterocycles. The Labute approximate surface area is 194 Å². The summed E-state index contributed by atoms with van der Waals surface area (Å²) in [6.07, 6.45) is 1.81. The van der Waals surface area contributed by atoms with Crippen LogP contribution >= 0.6 is 0 Å². The van der Waals surface area contributed by atoms with E-state index in [1.807, 2.05) is 38.2 Å². The molecule has 7 heteroatoms. The molecule has 0 bridgehead atoms. The van der Waals surface area contributed by atoms with Gasteiger partial charge in [-0.1, -0.05) is 35.9 Å². The van der Waals surface area contributed by atoms with Crippen LogP contribution in [0.1, 0.15) is 28.4 Å². The van der Waals surface area contributed by atoms with E-state index in [1.165, 1.54) is 0 Å². The van der Waals surface area contributed by atoms with Crippen LogP contribution in [0.2, 0.25) is 0 Å². The van der Waals surface area contributed by atoms with Crippen molar-refractivity contribution >= 4 is 5.82 Å². The Balaban J connectivity index is 1.72. The number of anilines is 1. The largest absolute Gasteiger partial charge is 0.507 e. The van der Waals surface area contributed by atoms with E-state index in [4.69, 9.17) is 4.74 Å². The smallest absolute Gasteiger partial charge is 0.259 e. The predicted octanol–water partition coefficient (Wildman–Crippen LogP) is 3.12. The minimum Gasteiger partial charge on any atom is -0.507 e. The van der Waals surface area contributed by atoms with Crippen molar-refractivity contribution in [3.63, 3.8) is 0 Å². The average molecular weight is 449 g/mol. The summed E-state index contributed by atoms with van der Waals surface area (Å²) >= 11 is 0. The molecule has 1 aliphatic heterocycles. The van der Waals surface area contributed by atoms with Crippen LogP contribution in [0.4, 0.5) is 5.82 Å². The molecule has 1 aliphatic rings. The molecule has 1 fully saturated rings. The maximum absolute atomic E-state index is 13.6. The summed E-state index contributed by atoms with van der Waals surface area (Å²) in [6, 6.07) is 15.5. The van der Waals surface area contributed by atoms with Gasteiger partial charge in [-0.25, -0.2) is 4.98 Å². The van der Waals surface area contributed by atoms with E-state index in [0.717, 1.165) is 48.8 Å². The van der Waals surface area contributed by atoms with Crippen LogP contribution < -0.4 is 10.5 Å². The molecule has 2 aromatic heterocycles. The maximum Gasteiger partial charge on any atom is 0.259 e. The van der Waals surface area contributed by atoms with Crippen molar-refractivity contribution < 1.29 is 9.84 Å². The Morgan fingerprint density at radius 1 is 1.06 bits per heavy atom. The highest BCUT2D eigenvalue weighted by Crippen LogP contribution is 2.33. The number of aromatic hydroxyl groups is 1. The second-order valence-electron chi connectivity index (χ2n) is 8.56. The normalized spacial score (nSPS) is 15.5. The monoisotopic (exact) mass is 448 g/mol. The number of piperazine rings is 1. The van der Waals surface area contributed by atoms with E-state index in [2.05, 4.69) is 39.0 Å². The van der Waals surface area contributed by atoms with Crippen molar-refractivity contribution in [1.29, 1.82) is 0 Å². The first kappa shape index (κ1) is 23.0. The van der Waals surface area contributed by atoms with Gasteiger partial charge in [-0.2, -0.15) is 0 Å². The number of benzene rings is 1. The second kappa shape index (κ2) is 10.2. The molecule has 4 rings (SSSR count). The van der Waals surface area contributed by atoms with E-state index in [1.54, 1.807) is 17.7 Å². The summed E-state index contributed by atoms with van der Waals surface area (Å²) < 4.78 is 6.91. The molecule has 0 saturated carbocycles. The van der Waals surface area contributed by atoms with Gasteiger partial charge in [-0.3, -0.25) is 9.69 Å². The van der Waals surface area contributed by atoms with Gasteiger partial charge in [0.25, 0.3) is 5.56 Å². The summed E-state index contributed by atoms with van der Waals surface area (Å²) in [6.45, 7) is 7.86. The van der Waals surface area contributed by atoms with Gasteiger partial charge in [0.05, 0.1) is 18.2 Å². The van der Waals surface area contributed by atoms with Crippen molar-refractivity contribution in [3.05, 3.63) is 87.5 Å². The third kappa shape index (κ3) is 4.94. The average Bonchev–Trinajstić information content (AvgIpc) is 2.83. The molecule has 1 aromatic carbocycles. The molecule has 33 heavy (non-hydrogen) atoms. The fraction of sp³-hybridized carbons (Fsp3) is 0.385. The number of rotatable bonds is 7. The number of methoxy groups -OCH3 is 1. The lowest BCUT2D eigenvalue weighted by Gasteiger charge is -2.40. The minimum absolute atomic E-state index is 0.0453. The van der Waals surface area contributed by atoms with E-state index in [0.29, 0.717) is 18.7 Å². The molecule has 3 aromatic rings. The molecule has 0 amide bonds. The molecule has 0 unspecified atom stereocenters. The highest BCUT2D eigenvalue weighted by Gasteiger charge is 2.31. The topological polar surface area (TPSA) is 70.8 Å². The molecule has 0 aliphatic carbocycles. The summed E-state index contributed by atoms with van der Waals surface area (Å²) in [5, 5.41) is 11.0. The third-order valence-electron chi connectivity index (χ3n) is 6.36. The van der Waals surface area contributed by atoms with Gasteiger partial charge < -0.3 is 19.3 Å². The molecule has 174 valence electrons. The summed E-state index contributed by atoms with van der Waals surface area (Å²) in [4.78, 5) is 22.7. The van der Waals surface area contributed by atoms with Gasteiger partial charge >= 0.3 is 0 Å². The van der Waals surface area contributed by atoms with Gasteiger partial charge in [0.2, 0.25) is 0 Å². The van der Waals surface area contributed by atoms with E-state index in [9.17, 15) is 9.90 Å². The van der Waals surface area contributed by atoms with Crippen molar-refractivity contribution in [2.45, 2.75) is 26.4 Å². The predicted molar refractivity (Wildman–Crippen MR) is 130 cm³/mol. The molecular weight excluding hydrogens is 416 g/mol. The van der Waals surface area contributed by atoms with Gasteiger partial charge in [0, 0.05) is 51.7 Å². The fourth-order valence-electron chi connectivity index (χ4n) is 4.54. The van der Waals surface area contributed by atoms with Crippen LogP contribution in [-0.2, 0) is 11.3 Å². The fourth-order valence-corrected chi connectivity index (χ4v) is 4.54. The second-order valence-corrected chi connectivity index (χ2v) is 8.56. The Morgan fingerprint density at radius 2 is 1.79 bits per heavy atom. The summed E-state index contributed by atoms with van der Waals surface area (Å²) in [5.74, 6) is 1.01. The van der Waals surface area contributed by atoms with Crippen LogP contribution in [-0.4, -0.2) is 59.5 Å². The number of nitrogens with zero attached hydrogens (tertiary/aromatic N) is 4. The first-order valence-corrected chi connectivity index (χ1v) is 11.4. The van der Waals surface area contributed by atoms with Crippen LogP contribution in [0.25, 0.3) is 0 Å². The van der Waals surface area contributed by atoms with Crippen LogP contribution in [0.3, 0.4) is 0 Å². The van der Waals surface area contributed by atoms with Gasteiger partial charge in [-0.15, -0.1) is 0 Å². The number of pyridine rings is 2. The molecule has 0 radical (unpaired) electrons. The van der Waals surface area contributed by atoms with E-state index in [-0.39, 0.29) is 17.4 Å². The quantitative estimate of drug-likeness (QED) is 0.599. The Hall–Kier alpha value is -3.16. The standard InChI is InChI=1S/C26H32N4O3/c1-19-7-9-21(10-8-19)25(24-22(31)18-20(2)30(26(24)32)16-17-33-3)29-14-12-28(13-15-29)23-6-4-5-11-27-23/h4-11,18,25,31H,12-17H2,1-3H3/t25-/m1/s1. The van der Waals surface area contributed by atoms with Crippen LogP contribution in [0.15, 0.2) is 59.5 Å². The lowest BCUT2D eigenvalue weighted by Crippen LogP contribution is -2.49. The molecular formula is C26H32N4O3. The molecule has 1 atom stereocenters. The van der Waals surface area contributed by atoms with Crippen molar-refractivity contribution in [2.24, 2.45) is 0 Å². The summed E-state index contributed by atoms with van der Waals surface area (Å²) in [5.41, 5.74) is 3.14. The SMILES string of the molecule is COCCn1c(C)cc(O)c([C@@H](c2ccc(C)cc2)N2CCN(c3ccccn3)CC2)c1=O. The zero-order chi connectivity index (χ0) is 23.4. The lowest BCUT2D eigenvalue weighted by molar-refractivity contribution is 0.183. The number of hydrogen-bond donors (Lipinski definition) is 1. The number of aromatic nitrogens is 2. The highest BCUT2D eigenvalue weighted by atomic mass is 16.5. The zero-order valence-corrected chi connectivity index (χ0v) is 19.6. The van der Waals surface area contributed by atoms with Crippen LogP contribution in [0, 0.1) is 13.8 Å². The first-order chi connectivity index (χ1) is 16.0. The molecule has 7 nitrogen and oxygen atoms in total. The Morgan fingerprint density at radius 3 is 2.42 bits per heavy atom. The molecule has 0 spiro atoms. The van der Waals surface area contributed by atoms with E-state index < -0.39 is 0 Å². The van der Waals surface area contributed by atoms with Gasteiger partial charge in [-0.05, 0) is 37.6 Å².